The van der Waals surface area contributed by atoms with Crippen LogP contribution in [0, 0.1) is 5.82 Å². The predicted molar refractivity (Wildman–Crippen MR) is 78.4 cm³/mol. The van der Waals surface area contributed by atoms with Gasteiger partial charge in [0, 0.05) is 11.0 Å². The molecule has 0 aromatic heterocycles. The molecule has 100 valence electrons. The number of hydrogen-bond donors (Lipinski definition) is 1. The van der Waals surface area contributed by atoms with Gasteiger partial charge in [-0.25, -0.2) is 4.39 Å². The van der Waals surface area contributed by atoms with Crippen LogP contribution in [0.3, 0.4) is 0 Å². The first-order valence-electron chi connectivity index (χ1n) is 5.66. The maximum absolute atomic E-state index is 13.6. The average Bonchev–Trinajstić information content (AvgIpc) is 2.37. The van der Waals surface area contributed by atoms with Crippen molar-refractivity contribution in [3.8, 4) is 11.5 Å². The molecule has 5 heteroatoms. The van der Waals surface area contributed by atoms with Crippen LogP contribution in [0.25, 0.3) is 0 Å². The Kier molecular flexibility index (Phi) is 4.80. The van der Waals surface area contributed by atoms with Gasteiger partial charge in [-0.2, -0.15) is 0 Å². The molecule has 2 aromatic carbocycles. The van der Waals surface area contributed by atoms with Crippen LogP contribution >= 0.6 is 27.5 Å². The SMILES string of the molecule is CNCc1ccc(Oc2cc(Br)ccc2F)c(Cl)c1. The van der Waals surface area contributed by atoms with E-state index in [1.165, 1.54) is 6.07 Å². The molecule has 0 aliphatic rings. The fraction of sp³-hybridized carbons (Fsp3) is 0.143. The number of nitrogens with one attached hydrogen (secondary N) is 1. The van der Waals surface area contributed by atoms with E-state index in [1.54, 1.807) is 24.3 Å². The third kappa shape index (κ3) is 3.69. The molecule has 2 aromatic rings. The van der Waals surface area contributed by atoms with Crippen molar-refractivity contribution in [2.45, 2.75) is 6.54 Å². The lowest BCUT2D eigenvalue weighted by atomic mass is 10.2. The van der Waals surface area contributed by atoms with Crippen molar-refractivity contribution >= 4 is 27.5 Å². The van der Waals surface area contributed by atoms with Crippen LogP contribution in [0.15, 0.2) is 40.9 Å². The quantitative estimate of drug-likeness (QED) is 0.864. The molecule has 0 amide bonds. The van der Waals surface area contributed by atoms with Crippen molar-refractivity contribution in [2.24, 2.45) is 0 Å². The monoisotopic (exact) mass is 343 g/mol. The minimum absolute atomic E-state index is 0.137. The van der Waals surface area contributed by atoms with Crippen molar-refractivity contribution in [3.05, 3.63) is 57.3 Å². The summed E-state index contributed by atoms with van der Waals surface area (Å²) in [5.41, 5.74) is 1.04. The fourth-order valence-electron chi connectivity index (χ4n) is 1.62. The minimum atomic E-state index is -0.432. The van der Waals surface area contributed by atoms with Gasteiger partial charge in [0.15, 0.2) is 11.6 Å². The molecule has 1 N–H and O–H groups in total. The normalized spacial score (nSPS) is 10.5. The third-order valence-corrected chi connectivity index (χ3v) is 3.28. The van der Waals surface area contributed by atoms with Gasteiger partial charge in [-0.15, -0.1) is 0 Å². The highest BCUT2D eigenvalue weighted by atomic mass is 79.9. The molecule has 0 saturated carbocycles. The average molecular weight is 345 g/mol. The predicted octanol–water partition coefficient (Wildman–Crippen LogP) is 4.75. The molecule has 2 nitrogen and oxygen atoms in total. The minimum Gasteiger partial charge on any atom is -0.453 e. The summed E-state index contributed by atoms with van der Waals surface area (Å²) >= 11 is 9.39. The second-order valence-corrected chi connectivity index (χ2v) is 5.29. The van der Waals surface area contributed by atoms with Gasteiger partial charge in [0.1, 0.15) is 5.75 Å². The molecule has 0 spiro atoms. The van der Waals surface area contributed by atoms with Crippen LogP contribution in [0.1, 0.15) is 5.56 Å². The molecule has 0 fully saturated rings. The van der Waals surface area contributed by atoms with Crippen molar-refractivity contribution in [3.63, 3.8) is 0 Å². The summed E-state index contributed by atoms with van der Waals surface area (Å²) in [7, 11) is 1.86. The molecule has 2 rings (SSSR count). The summed E-state index contributed by atoms with van der Waals surface area (Å²) in [6.07, 6.45) is 0. The molecule has 0 saturated heterocycles. The Morgan fingerprint density at radius 2 is 2.00 bits per heavy atom. The van der Waals surface area contributed by atoms with Crippen LogP contribution in [0.4, 0.5) is 4.39 Å². The molecule has 0 bridgehead atoms. The zero-order valence-corrected chi connectivity index (χ0v) is 12.6. The lowest BCUT2D eigenvalue weighted by Gasteiger charge is -2.10. The first-order chi connectivity index (χ1) is 9.10. The molecule has 0 heterocycles. The van der Waals surface area contributed by atoms with Gasteiger partial charge < -0.3 is 10.1 Å². The molecule has 0 radical (unpaired) electrons. The molecule has 19 heavy (non-hydrogen) atoms. The Morgan fingerprint density at radius 3 is 2.68 bits per heavy atom. The van der Waals surface area contributed by atoms with E-state index in [4.69, 9.17) is 16.3 Å². The Morgan fingerprint density at radius 1 is 1.21 bits per heavy atom. The maximum atomic E-state index is 13.6. The smallest absolute Gasteiger partial charge is 0.165 e. The van der Waals surface area contributed by atoms with E-state index in [0.29, 0.717) is 17.3 Å². The van der Waals surface area contributed by atoms with Crippen LogP contribution in [0.2, 0.25) is 5.02 Å². The Balaban J connectivity index is 2.25. The lowest BCUT2D eigenvalue weighted by Crippen LogP contribution is -2.04. The molecule has 0 atom stereocenters. The zero-order valence-electron chi connectivity index (χ0n) is 10.2. The number of rotatable bonds is 4. The standard InChI is InChI=1S/C14H12BrClFNO/c1-18-8-9-2-5-13(11(16)6-9)19-14-7-10(15)3-4-12(14)17/h2-7,18H,8H2,1H3. The second-order valence-electron chi connectivity index (χ2n) is 3.97. The highest BCUT2D eigenvalue weighted by molar-refractivity contribution is 9.10. The molecule has 0 aliphatic carbocycles. The Labute approximate surface area is 124 Å². The summed E-state index contributed by atoms with van der Waals surface area (Å²) in [6, 6.07) is 9.92. The van der Waals surface area contributed by atoms with Gasteiger partial charge in [-0.05, 0) is 42.9 Å². The van der Waals surface area contributed by atoms with Crippen LogP contribution in [-0.2, 0) is 6.54 Å². The van der Waals surface area contributed by atoms with Crippen LogP contribution in [-0.4, -0.2) is 7.05 Å². The van der Waals surface area contributed by atoms with Crippen molar-refractivity contribution in [1.82, 2.24) is 5.32 Å². The maximum Gasteiger partial charge on any atom is 0.165 e. The summed E-state index contributed by atoms with van der Waals surface area (Å²) in [6.45, 7) is 0.714. The van der Waals surface area contributed by atoms with E-state index < -0.39 is 5.82 Å². The van der Waals surface area contributed by atoms with Gasteiger partial charge in [0.05, 0.1) is 5.02 Å². The zero-order chi connectivity index (χ0) is 13.8. The first kappa shape index (κ1) is 14.3. The highest BCUT2D eigenvalue weighted by Crippen LogP contribution is 2.32. The Hall–Kier alpha value is -1.10. The largest absolute Gasteiger partial charge is 0.453 e. The summed E-state index contributed by atoms with van der Waals surface area (Å²) in [4.78, 5) is 0. The summed E-state index contributed by atoms with van der Waals surface area (Å²) < 4.78 is 19.8. The van der Waals surface area contributed by atoms with Gasteiger partial charge in [0.25, 0.3) is 0 Å². The van der Waals surface area contributed by atoms with Gasteiger partial charge in [0.2, 0.25) is 0 Å². The van der Waals surface area contributed by atoms with Crippen LogP contribution in [0.5, 0.6) is 11.5 Å². The number of halogens is 3. The number of hydrogen-bond acceptors (Lipinski definition) is 2. The van der Waals surface area contributed by atoms with E-state index in [2.05, 4.69) is 21.2 Å². The fourth-order valence-corrected chi connectivity index (χ4v) is 2.20. The highest BCUT2D eigenvalue weighted by Gasteiger charge is 2.09. The third-order valence-electron chi connectivity index (χ3n) is 2.49. The van der Waals surface area contributed by atoms with Crippen molar-refractivity contribution < 1.29 is 9.13 Å². The molecular formula is C14H12BrClFNO. The summed E-state index contributed by atoms with van der Waals surface area (Å²) in [5.74, 6) is 0.134. The van der Waals surface area contributed by atoms with Gasteiger partial charge >= 0.3 is 0 Å². The van der Waals surface area contributed by atoms with Crippen LogP contribution < -0.4 is 10.1 Å². The first-order valence-corrected chi connectivity index (χ1v) is 6.83. The van der Waals surface area contributed by atoms with E-state index >= 15 is 0 Å². The summed E-state index contributed by atoms with van der Waals surface area (Å²) in [5, 5.41) is 3.48. The topological polar surface area (TPSA) is 21.3 Å². The molecule has 0 unspecified atom stereocenters. The van der Waals surface area contributed by atoms with Crippen molar-refractivity contribution in [1.29, 1.82) is 0 Å². The van der Waals surface area contributed by atoms with E-state index in [1.807, 2.05) is 13.1 Å². The molecule has 0 aliphatic heterocycles. The van der Waals surface area contributed by atoms with E-state index in [-0.39, 0.29) is 5.75 Å². The second kappa shape index (κ2) is 6.37. The Bertz CT molecular complexity index is 592. The van der Waals surface area contributed by atoms with Crippen molar-refractivity contribution in [2.75, 3.05) is 7.05 Å². The molecular weight excluding hydrogens is 333 g/mol. The number of benzene rings is 2. The van der Waals surface area contributed by atoms with Gasteiger partial charge in [-0.3, -0.25) is 0 Å². The lowest BCUT2D eigenvalue weighted by molar-refractivity contribution is 0.442. The van der Waals surface area contributed by atoms with Gasteiger partial charge in [-0.1, -0.05) is 33.6 Å². The van der Waals surface area contributed by atoms with E-state index in [9.17, 15) is 4.39 Å². The number of ether oxygens (including phenoxy) is 1. The van der Waals surface area contributed by atoms with E-state index in [0.717, 1.165) is 10.0 Å².